The Bertz CT molecular complexity index is 288. The molecule has 102 valence electrons. The Morgan fingerprint density at radius 1 is 1.11 bits per heavy atom. The number of hydrogen-bond acceptors (Lipinski definition) is 3. The molecular formula is C15H24O3. The van der Waals surface area contributed by atoms with Gasteiger partial charge in [-0.3, -0.25) is 0 Å². The second kappa shape index (κ2) is 4.84. The van der Waals surface area contributed by atoms with Gasteiger partial charge in [-0.1, -0.05) is 0 Å². The van der Waals surface area contributed by atoms with Crippen LogP contribution in [0.3, 0.4) is 0 Å². The van der Waals surface area contributed by atoms with Gasteiger partial charge in [-0.2, -0.15) is 0 Å². The second-order valence-electron chi connectivity index (χ2n) is 6.82. The number of methoxy groups -OCH3 is 1. The van der Waals surface area contributed by atoms with Crippen LogP contribution in [0.1, 0.15) is 44.9 Å². The van der Waals surface area contributed by atoms with Crippen molar-refractivity contribution in [3.05, 3.63) is 0 Å². The minimum absolute atomic E-state index is 0.0842. The molecule has 4 rings (SSSR count). The summed E-state index contributed by atoms with van der Waals surface area (Å²) in [5.41, 5.74) is 0.516. The van der Waals surface area contributed by atoms with Gasteiger partial charge in [-0.25, -0.2) is 4.79 Å². The largest absolute Gasteiger partial charge is 0.464 e. The summed E-state index contributed by atoms with van der Waals surface area (Å²) in [6, 6.07) is 0. The van der Waals surface area contributed by atoms with Gasteiger partial charge in [0, 0.05) is 7.11 Å². The third-order valence-corrected chi connectivity index (χ3v) is 5.32. The predicted octanol–water partition coefficient (Wildman–Crippen LogP) is 2.78. The lowest BCUT2D eigenvalue weighted by Crippen LogP contribution is -2.46. The molecule has 4 bridgehead atoms. The summed E-state index contributed by atoms with van der Waals surface area (Å²) in [4.78, 5) is 11.3. The van der Waals surface area contributed by atoms with Crippen molar-refractivity contribution in [2.45, 2.75) is 44.9 Å². The number of hydrogen-bond donors (Lipinski definition) is 0. The minimum Gasteiger partial charge on any atom is -0.464 e. The minimum atomic E-state index is -0.220. The van der Waals surface area contributed by atoms with Crippen LogP contribution in [-0.2, 0) is 14.3 Å². The summed E-state index contributed by atoms with van der Waals surface area (Å²) in [5.74, 6) is 2.71. The van der Waals surface area contributed by atoms with Gasteiger partial charge in [0.2, 0.25) is 0 Å². The van der Waals surface area contributed by atoms with E-state index in [1.165, 1.54) is 45.6 Å². The Balaban J connectivity index is 1.51. The van der Waals surface area contributed by atoms with E-state index >= 15 is 0 Å². The van der Waals surface area contributed by atoms with Crippen molar-refractivity contribution in [2.75, 3.05) is 20.3 Å². The lowest BCUT2D eigenvalue weighted by molar-refractivity contribution is -0.150. The van der Waals surface area contributed by atoms with Crippen molar-refractivity contribution >= 4 is 5.97 Å². The molecule has 0 heterocycles. The Hall–Kier alpha value is -0.570. The maximum atomic E-state index is 11.3. The first kappa shape index (κ1) is 12.5. The van der Waals surface area contributed by atoms with Crippen molar-refractivity contribution in [3.8, 4) is 0 Å². The Labute approximate surface area is 109 Å². The van der Waals surface area contributed by atoms with Gasteiger partial charge in [-0.05, 0) is 68.1 Å². The normalized spacial score (nSPS) is 41.1. The lowest BCUT2D eigenvalue weighted by atomic mass is 9.49. The maximum Gasteiger partial charge on any atom is 0.332 e. The zero-order valence-corrected chi connectivity index (χ0v) is 11.3. The van der Waals surface area contributed by atoms with Crippen molar-refractivity contribution in [1.82, 2.24) is 0 Å². The summed E-state index contributed by atoms with van der Waals surface area (Å²) in [6.45, 7) is 0.676. The van der Waals surface area contributed by atoms with E-state index in [0.717, 1.165) is 24.2 Å². The van der Waals surface area contributed by atoms with Crippen LogP contribution >= 0.6 is 0 Å². The number of carbonyl (C=O) groups is 1. The number of rotatable bonds is 5. The molecule has 0 radical (unpaired) electrons. The van der Waals surface area contributed by atoms with Crippen molar-refractivity contribution < 1.29 is 14.3 Å². The number of esters is 1. The topological polar surface area (TPSA) is 35.5 Å². The van der Waals surface area contributed by atoms with Crippen LogP contribution in [0.15, 0.2) is 0 Å². The summed E-state index contributed by atoms with van der Waals surface area (Å²) >= 11 is 0. The molecule has 0 spiro atoms. The smallest absolute Gasteiger partial charge is 0.332 e. The van der Waals surface area contributed by atoms with Gasteiger partial charge in [-0.15, -0.1) is 0 Å². The van der Waals surface area contributed by atoms with Crippen LogP contribution in [0, 0.1) is 23.2 Å². The SMILES string of the molecule is COCC(=O)OCCC12CC3CC(CC(C3)C1)C2. The molecular weight excluding hydrogens is 228 g/mol. The fourth-order valence-corrected chi connectivity index (χ4v) is 5.14. The van der Waals surface area contributed by atoms with Gasteiger partial charge < -0.3 is 9.47 Å². The second-order valence-corrected chi connectivity index (χ2v) is 6.82. The molecule has 0 unspecified atom stereocenters. The van der Waals surface area contributed by atoms with E-state index in [1.807, 2.05) is 0 Å². The Kier molecular flexibility index (Phi) is 3.35. The van der Waals surface area contributed by atoms with Crippen LogP contribution in [-0.4, -0.2) is 26.3 Å². The molecule has 0 aromatic carbocycles. The zero-order valence-electron chi connectivity index (χ0n) is 11.3. The highest BCUT2D eigenvalue weighted by molar-refractivity contribution is 5.70. The van der Waals surface area contributed by atoms with Crippen LogP contribution < -0.4 is 0 Å². The highest BCUT2D eigenvalue weighted by atomic mass is 16.6. The molecule has 18 heavy (non-hydrogen) atoms. The van der Waals surface area contributed by atoms with E-state index in [2.05, 4.69) is 0 Å². The van der Waals surface area contributed by atoms with Gasteiger partial charge in [0.05, 0.1) is 6.61 Å². The summed E-state index contributed by atoms with van der Waals surface area (Å²) in [6.07, 6.45) is 9.67. The molecule has 4 saturated carbocycles. The van der Waals surface area contributed by atoms with E-state index in [9.17, 15) is 4.79 Å². The van der Waals surface area contributed by atoms with Crippen LogP contribution in [0.4, 0.5) is 0 Å². The summed E-state index contributed by atoms with van der Waals surface area (Å²) < 4.78 is 10.0. The summed E-state index contributed by atoms with van der Waals surface area (Å²) in [5, 5.41) is 0. The average molecular weight is 252 g/mol. The van der Waals surface area contributed by atoms with Crippen LogP contribution in [0.2, 0.25) is 0 Å². The molecule has 0 aromatic heterocycles. The molecule has 0 aliphatic heterocycles. The Morgan fingerprint density at radius 3 is 2.17 bits per heavy atom. The first-order valence-electron chi connectivity index (χ1n) is 7.34. The van der Waals surface area contributed by atoms with Gasteiger partial charge >= 0.3 is 5.97 Å². The number of carbonyl (C=O) groups excluding carboxylic acids is 1. The third-order valence-electron chi connectivity index (χ3n) is 5.32. The van der Waals surface area contributed by atoms with E-state index < -0.39 is 0 Å². The van der Waals surface area contributed by atoms with Gasteiger partial charge in [0.15, 0.2) is 0 Å². The molecule has 0 atom stereocenters. The predicted molar refractivity (Wildman–Crippen MR) is 68.1 cm³/mol. The lowest BCUT2D eigenvalue weighted by Gasteiger charge is -2.57. The zero-order chi connectivity index (χ0) is 12.6. The van der Waals surface area contributed by atoms with E-state index in [4.69, 9.17) is 9.47 Å². The van der Waals surface area contributed by atoms with E-state index in [1.54, 1.807) is 0 Å². The van der Waals surface area contributed by atoms with Gasteiger partial charge in [0.1, 0.15) is 6.61 Å². The van der Waals surface area contributed by atoms with E-state index in [-0.39, 0.29) is 12.6 Å². The first-order valence-corrected chi connectivity index (χ1v) is 7.34. The van der Waals surface area contributed by atoms with Crippen molar-refractivity contribution in [3.63, 3.8) is 0 Å². The maximum absolute atomic E-state index is 11.3. The van der Waals surface area contributed by atoms with Crippen molar-refractivity contribution in [1.29, 1.82) is 0 Å². The van der Waals surface area contributed by atoms with E-state index in [0.29, 0.717) is 12.0 Å². The van der Waals surface area contributed by atoms with Gasteiger partial charge in [0.25, 0.3) is 0 Å². The fraction of sp³-hybridized carbons (Fsp3) is 0.933. The molecule has 0 saturated heterocycles. The molecule has 0 aromatic rings. The Morgan fingerprint density at radius 2 is 1.67 bits per heavy atom. The molecule has 4 aliphatic rings. The highest BCUT2D eigenvalue weighted by Crippen LogP contribution is 2.61. The molecule has 0 N–H and O–H groups in total. The van der Waals surface area contributed by atoms with Crippen molar-refractivity contribution in [2.24, 2.45) is 23.2 Å². The third kappa shape index (κ3) is 2.42. The number of ether oxygens (including phenoxy) is 2. The molecule has 4 aliphatic carbocycles. The quantitative estimate of drug-likeness (QED) is 0.706. The highest BCUT2D eigenvalue weighted by Gasteiger charge is 2.50. The molecule has 3 heteroatoms. The molecule has 3 nitrogen and oxygen atoms in total. The monoisotopic (exact) mass is 252 g/mol. The standard InChI is InChI=1S/C15H24O3/c1-17-10-14(16)18-3-2-15-7-11-4-12(8-15)6-13(5-11)9-15/h11-13H,2-10H2,1H3. The van der Waals surface area contributed by atoms with Crippen LogP contribution in [0.5, 0.6) is 0 Å². The summed E-state index contributed by atoms with van der Waals surface area (Å²) in [7, 11) is 1.53. The average Bonchev–Trinajstić information content (AvgIpc) is 2.26. The first-order chi connectivity index (χ1) is 8.69. The fourth-order valence-electron chi connectivity index (χ4n) is 5.14. The molecule has 0 amide bonds. The van der Waals surface area contributed by atoms with Crippen LogP contribution in [0.25, 0.3) is 0 Å². The molecule has 4 fully saturated rings.